The molecule has 0 heterocycles. The Morgan fingerprint density at radius 2 is 1.52 bits per heavy atom. The molecule has 0 aliphatic heterocycles. The molecule has 0 amide bonds. The van der Waals surface area contributed by atoms with Gasteiger partial charge in [-0.05, 0) is 53.2 Å². The van der Waals surface area contributed by atoms with Crippen LogP contribution in [0.25, 0.3) is 0 Å². The summed E-state index contributed by atoms with van der Waals surface area (Å²) in [5, 5.41) is 16.3. The Balaban J connectivity index is 2.73. The molecule has 0 spiro atoms. The van der Waals surface area contributed by atoms with E-state index in [2.05, 4.69) is 98.0 Å². The first kappa shape index (κ1) is 27.9. The summed E-state index contributed by atoms with van der Waals surface area (Å²) in [4.78, 5) is 0. The van der Waals surface area contributed by atoms with Crippen molar-refractivity contribution in [2.24, 2.45) is 0 Å². The number of aryl methyl sites for hydroxylation is 1. The van der Waals surface area contributed by atoms with Crippen molar-refractivity contribution in [2.75, 3.05) is 7.05 Å². The minimum Gasteiger partial charge on any atom is -0.507 e. The van der Waals surface area contributed by atoms with Gasteiger partial charge in [0.25, 0.3) is 0 Å². The smallest absolute Gasteiger partial charge is 0.123 e. The van der Waals surface area contributed by atoms with E-state index in [1.165, 1.54) is 41.3 Å². The van der Waals surface area contributed by atoms with Crippen LogP contribution in [0, 0.1) is 6.92 Å². The number of phenols is 1. The number of hydrogen-bond acceptors (Lipinski definition) is 2. The van der Waals surface area contributed by atoms with Gasteiger partial charge in [-0.25, -0.2) is 0 Å². The lowest BCUT2D eigenvalue weighted by molar-refractivity contribution is 0.424. The van der Waals surface area contributed by atoms with Gasteiger partial charge in [0.15, 0.2) is 0 Å². The molecule has 0 radical (unpaired) electrons. The fourth-order valence-corrected chi connectivity index (χ4v) is 6.24. The predicted octanol–water partition coefficient (Wildman–Crippen LogP) is 7.81. The van der Waals surface area contributed by atoms with Crippen molar-refractivity contribution in [3.05, 3.63) is 58.1 Å². The molecule has 2 nitrogen and oxygen atoms in total. The van der Waals surface area contributed by atoms with Crippen molar-refractivity contribution in [1.82, 2.24) is 5.32 Å². The molecule has 184 valence electrons. The summed E-state index contributed by atoms with van der Waals surface area (Å²) in [6.45, 7) is 21.1. The molecule has 0 aliphatic rings. The first-order valence-electron chi connectivity index (χ1n) is 12.6. The van der Waals surface area contributed by atoms with Crippen molar-refractivity contribution in [2.45, 2.75) is 111 Å². The summed E-state index contributed by atoms with van der Waals surface area (Å²) in [6, 6.07) is 11.4. The zero-order valence-corrected chi connectivity index (χ0v) is 23.9. The fraction of sp³-hybridized carbons (Fsp3) is 0.600. The molecule has 0 saturated heterocycles. The maximum Gasteiger partial charge on any atom is 0.123 e. The fourth-order valence-electron chi connectivity index (χ4n) is 4.53. The number of nitrogens with one attached hydrogen (secondary N) is 1. The summed E-state index contributed by atoms with van der Waals surface area (Å²) >= 11 is 0. The zero-order chi connectivity index (χ0) is 25.0. The largest absolute Gasteiger partial charge is 0.507 e. The van der Waals surface area contributed by atoms with Gasteiger partial charge in [0.2, 0.25) is 0 Å². The highest BCUT2D eigenvalue weighted by Crippen LogP contribution is 2.51. The number of benzene rings is 2. The SMILES string of the molecule is CCCCCC(C)(Pc1ccc(C)cc1CNC)c1cc(C(C)(C)C)cc(C(C)(C)C)c1O. The average molecular weight is 470 g/mol. The van der Waals surface area contributed by atoms with Gasteiger partial charge < -0.3 is 10.4 Å². The second kappa shape index (κ2) is 10.9. The lowest BCUT2D eigenvalue weighted by Crippen LogP contribution is -2.25. The molecule has 2 rings (SSSR count). The molecule has 0 bridgehead atoms. The quantitative estimate of drug-likeness (QED) is 0.290. The minimum absolute atomic E-state index is 0.0248. The van der Waals surface area contributed by atoms with E-state index in [0.717, 1.165) is 24.1 Å². The maximum absolute atomic E-state index is 11.7. The van der Waals surface area contributed by atoms with Gasteiger partial charge in [-0.1, -0.05) is 119 Å². The van der Waals surface area contributed by atoms with Gasteiger partial charge in [0, 0.05) is 17.3 Å². The molecular weight excluding hydrogens is 421 g/mol. The summed E-state index contributed by atoms with van der Waals surface area (Å²) < 4.78 is 0. The van der Waals surface area contributed by atoms with E-state index in [4.69, 9.17) is 0 Å². The Morgan fingerprint density at radius 3 is 2.06 bits per heavy atom. The van der Waals surface area contributed by atoms with Crippen LogP contribution in [0.4, 0.5) is 0 Å². The van der Waals surface area contributed by atoms with E-state index in [-0.39, 0.29) is 16.0 Å². The van der Waals surface area contributed by atoms with Gasteiger partial charge >= 0.3 is 0 Å². The number of phenolic OH excluding ortho intramolecular Hbond substituents is 1. The van der Waals surface area contributed by atoms with Crippen LogP contribution in [-0.2, 0) is 22.5 Å². The molecule has 0 aliphatic carbocycles. The average Bonchev–Trinajstić information content (AvgIpc) is 2.69. The van der Waals surface area contributed by atoms with Crippen LogP contribution in [0.2, 0.25) is 0 Å². The van der Waals surface area contributed by atoms with Crippen LogP contribution in [0.1, 0.15) is 109 Å². The third-order valence-corrected chi connectivity index (χ3v) is 8.53. The van der Waals surface area contributed by atoms with Crippen molar-refractivity contribution >= 4 is 13.9 Å². The van der Waals surface area contributed by atoms with E-state index in [0.29, 0.717) is 14.3 Å². The Labute approximate surface area is 205 Å². The van der Waals surface area contributed by atoms with Gasteiger partial charge in [0.05, 0.1) is 0 Å². The Kier molecular flexibility index (Phi) is 9.22. The predicted molar refractivity (Wildman–Crippen MR) is 149 cm³/mol. The van der Waals surface area contributed by atoms with Gasteiger partial charge in [-0.2, -0.15) is 0 Å². The molecular formula is C30H48NOP. The third-order valence-electron chi connectivity index (χ3n) is 6.70. The Hall–Kier alpha value is -1.37. The van der Waals surface area contributed by atoms with Crippen molar-refractivity contribution in [1.29, 1.82) is 0 Å². The van der Waals surface area contributed by atoms with E-state index in [1.807, 2.05) is 7.05 Å². The molecule has 2 unspecified atom stereocenters. The highest BCUT2D eigenvalue weighted by molar-refractivity contribution is 7.48. The Morgan fingerprint density at radius 1 is 0.879 bits per heavy atom. The second-order valence-corrected chi connectivity index (χ2v) is 13.9. The topological polar surface area (TPSA) is 32.3 Å². The van der Waals surface area contributed by atoms with Gasteiger partial charge in [-0.3, -0.25) is 0 Å². The van der Waals surface area contributed by atoms with Gasteiger partial charge in [-0.15, -0.1) is 0 Å². The van der Waals surface area contributed by atoms with Crippen molar-refractivity contribution < 1.29 is 5.11 Å². The maximum atomic E-state index is 11.7. The van der Waals surface area contributed by atoms with E-state index >= 15 is 0 Å². The molecule has 0 saturated carbocycles. The van der Waals surface area contributed by atoms with Gasteiger partial charge in [0.1, 0.15) is 5.75 Å². The minimum atomic E-state index is -0.116. The zero-order valence-electron chi connectivity index (χ0n) is 22.9. The second-order valence-electron chi connectivity index (χ2n) is 12.0. The normalized spacial score (nSPS) is 14.7. The van der Waals surface area contributed by atoms with E-state index in [1.54, 1.807) is 0 Å². The summed E-state index contributed by atoms with van der Waals surface area (Å²) in [5.41, 5.74) is 6.09. The molecule has 2 aromatic carbocycles. The van der Waals surface area contributed by atoms with Crippen molar-refractivity contribution in [3.63, 3.8) is 0 Å². The molecule has 0 fully saturated rings. The highest BCUT2D eigenvalue weighted by Gasteiger charge is 2.34. The van der Waals surface area contributed by atoms with E-state index in [9.17, 15) is 5.11 Å². The number of rotatable bonds is 9. The van der Waals surface area contributed by atoms with Crippen LogP contribution in [0.3, 0.4) is 0 Å². The molecule has 2 atom stereocenters. The number of aromatic hydroxyl groups is 1. The lowest BCUT2D eigenvalue weighted by Gasteiger charge is -2.36. The number of hydrogen-bond donors (Lipinski definition) is 2. The summed E-state index contributed by atoms with van der Waals surface area (Å²) in [6.07, 6.45) is 4.69. The van der Waals surface area contributed by atoms with Crippen LogP contribution >= 0.6 is 8.58 Å². The van der Waals surface area contributed by atoms with Crippen LogP contribution in [0.5, 0.6) is 5.75 Å². The first-order valence-corrected chi connectivity index (χ1v) is 13.6. The van der Waals surface area contributed by atoms with E-state index < -0.39 is 0 Å². The van der Waals surface area contributed by atoms with Crippen LogP contribution in [0.15, 0.2) is 30.3 Å². The highest BCUT2D eigenvalue weighted by atomic mass is 31.1. The van der Waals surface area contributed by atoms with Crippen molar-refractivity contribution in [3.8, 4) is 5.75 Å². The van der Waals surface area contributed by atoms with Crippen LogP contribution < -0.4 is 10.6 Å². The molecule has 3 heteroatoms. The standard InChI is InChI=1S/C30H48NOP/c1-11-12-13-16-30(9,33-26-15-14-21(2)17-22(26)20-31-10)25-19-23(28(3,4)5)18-24(27(25)32)29(6,7)8/h14-15,17-19,31-33H,11-13,16,20H2,1-10H3. The molecule has 2 aromatic rings. The molecule has 2 N–H and O–H groups in total. The van der Waals surface area contributed by atoms with Crippen LogP contribution in [-0.4, -0.2) is 12.2 Å². The first-order chi connectivity index (χ1) is 15.2. The lowest BCUT2D eigenvalue weighted by atomic mass is 9.77. The Bertz CT molecular complexity index is 936. The third kappa shape index (κ3) is 7.06. The summed E-state index contributed by atoms with van der Waals surface area (Å²) in [5.74, 6) is 0.504. The monoisotopic (exact) mass is 469 g/mol. The summed E-state index contributed by atoms with van der Waals surface area (Å²) in [7, 11) is 2.62. The molecule has 0 aromatic heterocycles. The number of unbranched alkanes of at least 4 members (excludes halogenated alkanes) is 2. The molecule has 33 heavy (non-hydrogen) atoms.